The molecule has 1 atom stereocenters. The Bertz CT molecular complexity index is 870. The molecule has 2 aromatic heterocycles. The monoisotopic (exact) mass is 380 g/mol. The van der Waals surface area contributed by atoms with Gasteiger partial charge in [-0.2, -0.15) is 18.3 Å². The molecule has 5 nitrogen and oxygen atoms in total. The zero-order chi connectivity index (χ0) is 19.3. The van der Waals surface area contributed by atoms with Crippen LogP contribution < -0.4 is 0 Å². The van der Waals surface area contributed by atoms with Crippen LogP contribution in [0.4, 0.5) is 13.2 Å². The van der Waals surface area contributed by atoms with Crippen molar-refractivity contribution in [3.05, 3.63) is 29.2 Å². The number of halogens is 3. The highest BCUT2D eigenvalue weighted by Gasteiger charge is 2.38. The summed E-state index contributed by atoms with van der Waals surface area (Å²) in [5.74, 6) is 0.166. The van der Waals surface area contributed by atoms with Crippen LogP contribution in [0.15, 0.2) is 12.1 Å². The van der Waals surface area contributed by atoms with Crippen molar-refractivity contribution >= 4 is 11.6 Å². The van der Waals surface area contributed by atoms with Crippen molar-refractivity contribution in [1.29, 1.82) is 0 Å². The van der Waals surface area contributed by atoms with Gasteiger partial charge in [-0.3, -0.25) is 4.79 Å². The van der Waals surface area contributed by atoms with Gasteiger partial charge in [-0.15, -0.1) is 0 Å². The molecule has 0 spiro atoms. The molecule has 0 radical (unpaired) electrons. The van der Waals surface area contributed by atoms with Gasteiger partial charge in [0.05, 0.1) is 5.69 Å². The lowest BCUT2D eigenvalue weighted by atomic mass is 9.94. The van der Waals surface area contributed by atoms with E-state index in [1.165, 1.54) is 0 Å². The van der Waals surface area contributed by atoms with Crippen LogP contribution in [0.1, 0.15) is 68.4 Å². The van der Waals surface area contributed by atoms with Crippen LogP contribution in [0.25, 0.3) is 5.65 Å². The highest BCUT2D eigenvalue weighted by Crippen LogP contribution is 2.35. The molecule has 0 unspecified atom stereocenters. The first-order valence-electron chi connectivity index (χ1n) is 9.50. The van der Waals surface area contributed by atoms with E-state index in [-0.39, 0.29) is 29.3 Å². The van der Waals surface area contributed by atoms with Crippen LogP contribution in [0.5, 0.6) is 0 Å². The maximum Gasteiger partial charge on any atom is 0.433 e. The molecule has 1 aliphatic carbocycles. The summed E-state index contributed by atoms with van der Waals surface area (Å²) in [5, 5.41) is 4.25. The summed E-state index contributed by atoms with van der Waals surface area (Å²) in [4.78, 5) is 18.6. The van der Waals surface area contributed by atoms with Gasteiger partial charge >= 0.3 is 6.18 Å². The smallest absolute Gasteiger partial charge is 0.342 e. The molecule has 0 aromatic carbocycles. The van der Waals surface area contributed by atoms with Crippen LogP contribution in [0.3, 0.4) is 0 Å². The first kappa shape index (κ1) is 18.3. The molecule has 0 N–H and O–H groups in total. The Kier molecular flexibility index (Phi) is 4.39. The van der Waals surface area contributed by atoms with Crippen molar-refractivity contribution in [3.63, 3.8) is 0 Å². The van der Waals surface area contributed by atoms with E-state index in [4.69, 9.17) is 0 Å². The average molecular weight is 380 g/mol. The van der Waals surface area contributed by atoms with Gasteiger partial charge in [-0.1, -0.05) is 13.8 Å². The first-order chi connectivity index (χ1) is 12.7. The number of fused-ring (bicyclic) bond motifs is 1. The van der Waals surface area contributed by atoms with Gasteiger partial charge in [-0.05, 0) is 37.7 Å². The number of carbonyl (C=O) groups is 1. The lowest BCUT2D eigenvalue weighted by Gasteiger charge is -2.32. The minimum atomic E-state index is -4.51. The molecule has 2 fully saturated rings. The van der Waals surface area contributed by atoms with Gasteiger partial charge in [0, 0.05) is 36.7 Å². The second-order valence-corrected chi connectivity index (χ2v) is 7.96. The number of hydrogen-bond donors (Lipinski definition) is 0. The summed E-state index contributed by atoms with van der Waals surface area (Å²) >= 11 is 0. The molecule has 1 saturated heterocycles. The lowest BCUT2D eigenvalue weighted by Crippen LogP contribution is -2.40. The number of nitrogens with zero attached hydrogens (tertiary/aromatic N) is 4. The molecule has 3 heterocycles. The van der Waals surface area contributed by atoms with Gasteiger partial charge in [0.1, 0.15) is 5.69 Å². The third-order valence-corrected chi connectivity index (χ3v) is 5.43. The van der Waals surface area contributed by atoms with E-state index >= 15 is 0 Å². The zero-order valence-electron chi connectivity index (χ0n) is 15.5. The maximum atomic E-state index is 13.5. The summed E-state index contributed by atoms with van der Waals surface area (Å²) in [6, 6.07) is 2.73. The van der Waals surface area contributed by atoms with E-state index in [9.17, 15) is 18.0 Å². The van der Waals surface area contributed by atoms with E-state index in [0.717, 1.165) is 42.8 Å². The third-order valence-electron chi connectivity index (χ3n) is 5.43. The predicted octanol–water partition coefficient (Wildman–Crippen LogP) is 3.99. The lowest BCUT2D eigenvalue weighted by molar-refractivity contribution is -0.142. The zero-order valence-corrected chi connectivity index (χ0v) is 15.5. The van der Waals surface area contributed by atoms with E-state index in [2.05, 4.69) is 10.1 Å². The van der Waals surface area contributed by atoms with Crippen molar-refractivity contribution < 1.29 is 18.0 Å². The normalized spacial score (nSPS) is 21.3. The summed E-state index contributed by atoms with van der Waals surface area (Å²) in [6.45, 7) is 4.89. The summed E-state index contributed by atoms with van der Waals surface area (Å²) in [7, 11) is 0. The fraction of sp³-hybridized carbons (Fsp3) is 0.632. The van der Waals surface area contributed by atoms with E-state index in [1.54, 1.807) is 6.07 Å². The summed E-state index contributed by atoms with van der Waals surface area (Å²) < 4.78 is 41.5. The fourth-order valence-corrected chi connectivity index (χ4v) is 3.72. The second kappa shape index (κ2) is 6.49. The Morgan fingerprint density at radius 2 is 1.96 bits per heavy atom. The Morgan fingerprint density at radius 3 is 2.59 bits per heavy atom. The molecule has 8 heteroatoms. The quantitative estimate of drug-likeness (QED) is 0.809. The van der Waals surface area contributed by atoms with Gasteiger partial charge in [0.25, 0.3) is 0 Å². The highest BCUT2D eigenvalue weighted by molar-refractivity contribution is 5.81. The molecule has 0 bridgehead atoms. The van der Waals surface area contributed by atoms with Crippen LogP contribution in [-0.4, -0.2) is 38.5 Å². The second-order valence-electron chi connectivity index (χ2n) is 7.96. The minimum absolute atomic E-state index is 0.0493. The van der Waals surface area contributed by atoms with Crippen LogP contribution >= 0.6 is 0 Å². The SMILES string of the molecule is CC(C)c1cc(C(F)(F)F)n2nc([C@@H]3CCCN(C(=O)C4CC4)C3)cc2n1. The largest absolute Gasteiger partial charge is 0.433 e. The van der Waals surface area contributed by atoms with E-state index < -0.39 is 11.9 Å². The van der Waals surface area contributed by atoms with Crippen molar-refractivity contribution in [3.8, 4) is 0 Å². The summed E-state index contributed by atoms with van der Waals surface area (Å²) in [5.41, 5.74) is 0.399. The number of likely N-dealkylation sites (tertiary alicyclic amines) is 1. The molecule has 1 amide bonds. The summed E-state index contributed by atoms with van der Waals surface area (Å²) in [6.07, 6.45) is -0.949. The minimum Gasteiger partial charge on any atom is -0.342 e. The van der Waals surface area contributed by atoms with Crippen molar-refractivity contribution in [2.45, 2.75) is 57.5 Å². The molecule has 1 saturated carbocycles. The topological polar surface area (TPSA) is 50.5 Å². The number of piperidine rings is 1. The molecule has 2 aromatic rings. The first-order valence-corrected chi connectivity index (χ1v) is 9.50. The van der Waals surface area contributed by atoms with E-state index in [1.807, 2.05) is 18.7 Å². The Morgan fingerprint density at radius 1 is 1.22 bits per heavy atom. The van der Waals surface area contributed by atoms with E-state index in [0.29, 0.717) is 17.9 Å². The molecule has 1 aliphatic heterocycles. The van der Waals surface area contributed by atoms with Crippen LogP contribution in [0, 0.1) is 5.92 Å². The molecular formula is C19H23F3N4O. The van der Waals surface area contributed by atoms with Crippen molar-refractivity contribution in [2.75, 3.05) is 13.1 Å². The Labute approximate surface area is 155 Å². The van der Waals surface area contributed by atoms with Crippen molar-refractivity contribution in [2.24, 2.45) is 5.92 Å². The van der Waals surface area contributed by atoms with Gasteiger partial charge in [-0.25, -0.2) is 9.50 Å². The molecular weight excluding hydrogens is 357 g/mol. The van der Waals surface area contributed by atoms with Crippen LogP contribution in [-0.2, 0) is 11.0 Å². The Hall–Kier alpha value is -2.12. The van der Waals surface area contributed by atoms with Gasteiger partial charge < -0.3 is 4.90 Å². The molecule has 4 rings (SSSR count). The highest BCUT2D eigenvalue weighted by atomic mass is 19.4. The fourth-order valence-electron chi connectivity index (χ4n) is 3.72. The maximum absolute atomic E-state index is 13.5. The molecule has 2 aliphatic rings. The molecule has 146 valence electrons. The average Bonchev–Trinajstić information content (AvgIpc) is 3.37. The standard InChI is InChI=1S/C19H23F3N4O/c1-11(2)14-8-16(19(20,21)22)26-17(23-14)9-15(24-26)13-4-3-7-25(10-13)18(27)12-5-6-12/h8-9,11-13H,3-7,10H2,1-2H3/t13-/m1/s1. The molecule has 27 heavy (non-hydrogen) atoms. The number of amides is 1. The number of rotatable bonds is 3. The van der Waals surface area contributed by atoms with Crippen molar-refractivity contribution in [1.82, 2.24) is 19.5 Å². The van der Waals surface area contributed by atoms with Gasteiger partial charge in [0.2, 0.25) is 5.91 Å². The number of carbonyl (C=O) groups excluding carboxylic acids is 1. The Balaban J connectivity index is 1.69. The van der Waals surface area contributed by atoms with Crippen LogP contribution in [0.2, 0.25) is 0 Å². The number of hydrogen-bond acceptors (Lipinski definition) is 3. The predicted molar refractivity (Wildman–Crippen MR) is 93.4 cm³/mol. The number of aromatic nitrogens is 3. The number of alkyl halides is 3. The van der Waals surface area contributed by atoms with Gasteiger partial charge in [0.15, 0.2) is 5.65 Å². The third kappa shape index (κ3) is 3.53.